The van der Waals surface area contributed by atoms with E-state index in [-0.39, 0.29) is 35.9 Å². The molecule has 1 amide bonds. The lowest BCUT2D eigenvalue weighted by Gasteiger charge is -2.18. The van der Waals surface area contributed by atoms with E-state index in [9.17, 15) is 13.2 Å². The van der Waals surface area contributed by atoms with Gasteiger partial charge in [0.05, 0.1) is 33.7 Å². The van der Waals surface area contributed by atoms with Crippen LogP contribution < -0.4 is 4.90 Å². The highest BCUT2D eigenvalue weighted by Crippen LogP contribution is 2.33. The molecule has 33 heavy (non-hydrogen) atoms. The summed E-state index contributed by atoms with van der Waals surface area (Å²) in [6, 6.07) is 14.5. The Morgan fingerprint density at radius 2 is 1.82 bits per heavy atom. The second-order valence-corrected chi connectivity index (χ2v) is 11.3. The molecule has 172 valence electrons. The van der Waals surface area contributed by atoms with Gasteiger partial charge < -0.3 is 4.42 Å². The minimum Gasteiger partial charge on any atom is -0.467 e. The molecule has 0 saturated carbocycles. The predicted molar refractivity (Wildman–Crippen MR) is 131 cm³/mol. The van der Waals surface area contributed by atoms with E-state index in [4.69, 9.17) is 9.40 Å². The number of furan rings is 1. The minimum atomic E-state index is -3.45. The molecule has 0 radical (unpaired) electrons. The topological polar surface area (TPSA) is 80.5 Å². The van der Waals surface area contributed by atoms with Crippen LogP contribution >= 0.6 is 11.3 Å². The Kier molecular flexibility index (Phi) is 6.67. The van der Waals surface area contributed by atoms with Crippen molar-refractivity contribution in [2.75, 3.05) is 10.7 Å². The van der Waals surface area contributed by atoms with Crippen LogP contribution in [0, 0.1) is 20.8 Å². The molecule has 2 aromatic carbocycles. The van der Waals surface area contributed by atoms with Crippen LogP contribution in [-0.2, 0) is 21.2 Å². The van der Waals surface area contributed by atoms with Crippen LogP contribution in [0.1, 0.15) is 35.3 Å². The van der Waals surface area contributed by atoms with Gasteiger partial charge in [0.15, 0.2) is 15.0 Å². The molecule has 8 heteroatoms. The molecule has 0 spiro atoms. The maximum Gasteiger partial charge on any atom is 0.229 e. The average molecular weight is 483 g/mol. The van der Waals surface area contributed by atoms with Crippen LogP contribution in [0.5, 0.6) is 0 Å². The van der Waals surface area contributed by atoms with Crippen LogP contribution in [0.3, 0.4) is 0 Å². The molecular weight excluding hydrogens is 456 g/mol. The second kappa shape index (κ2) is 9.49. The monoisotopic (exact) mass is 482 g/mol. The molecule has 4 rings (SSSR count). The van der Waals surface area contributed by atoms with Crippen molar-refractivity contribution in [2.45, 2.75) is 45.1 Å². The first-order chi connectivity index (χ1) is 15.7. The highest BCUT2D eigenvalue weighted by Gasteiger charge is 2.23. The number of benzene rings is 2. The maximum atomic E-state index is 13.2. The predicted octanol–water partition coefficient (Wildman–Crippen LogP) is 5.60. The highest BCUT2D eigenvalue weighted by atomic mass is 32.2. The molecule has 0 aliphatic heterocycles. The zero-order chi connectivity index (χ0) is 23.6. The lowest BCUT2D eigenvalue weighted by molar-refractivity contribution is -0.118. The van der Waals surface area contributed by atoms with Crippen molar-refractivity contribution < 1.29 is 17.6 Å². The molecule has 0 atom stereocenters. The highest BCUT2D eigenvalue weighted by molar-refractivity contribution is 7.91. The van der Waals surface area contributed by atoms with Gasteiger partial charge in [-0.2, -0.15) is 0 Å². The molecule has 0 N–H and O–H groups in total. The molecular formula is C25H26N2O4S2. The summed E-state index contributed by atoms with van der Waals surface area (Å²) in [7, 11) is -3.45. The molecule has 0 aliphatic carbocycles. The summed E-state index contributed by atoms with van der Waals surface area (Å²) in [6.45, 7) is 6.21. The largest absolute Gasteiger partial charge is 0.467 e. The van der Waals surface area contributed by atoms with Gasteiger partial charge in [-0.05, 0) is 68.7 Å². The summed E-state index contributed by atoms with van der Waals surface area (Å²) in [6.07, 6.45) is 1.89. The molecule has 6 nitrogen and oxygen atoms in total. The molecule has 0 fully saturated rings. The quantitative estimate of drug-likeness (QED) is 0.326. The van der Waals surface area contributed by atoms with E-state index in [0.717, 1.165) is 26.9 Å². The van der Waals surface area contributed by atoms with Gasteiger partial charge in [0.25, 0.3) is 0 Å². The molecule has 0 saturated heterocycles. The number of amides is 1. The van der Waals surface area contributed by atoms with Crippen LogP contribution in [0.4, 0.5) is 5.13 Å². The first-order valence-corrected chi connectivity index (χ1v) is 13.2. The van der Waals surface area contributed by atoms with Crippen molar-refractivity contribution in [1.82, 2.24) is 4.98 Å². The summed E-state index contributed by atoms with van der Waals surface area (Å²) in [5.74, 6) is 0.371. The molecule has 2 heterocycles. The normalized spacial score (nSPS) is 11.7. The van der Waals surface area contributed by atoms with E-state index in [1.165, 1.54) is 11.3 Å². The SMILES string of the molecule is Cc1ccc(S(=O)(=O)CCCC(=O)N(Cc2ccco2)c2nc3cc(C)cc(C)c3s2)cc1. The van der Waals surface area contributed by atoms with E-state index in [0.29, 0.717) is 10.9 Å². The van der Waals surface area contributed by atoms with Gasteiger partial charge in [-0.3, -0.25) is 9.69 Å². The number of carbonyl (C=O) groups is 1. The summed E-state index contributed by atoms with van der Waals surface area (Å²) in [4.78, 5) is 19.8. The number of carbonyl (C=O) groups excluding carboxylic acids is 1. The molecule has 0 bridgehead atoms. The smallest absolute Gasteiger partial charge is 0.229 e. The molecule has 0 aliphatic rings. The van der Waals surface area contributed by atoms with E-state index >= 15 is 0 Å². The zero-order valence-electron chi connectivity index (χ0n) is 18.9. The summed E-state index contributed by atoms with van der Waals surface area (Å²) < 4.78 is 31.8. The molecule has 0 unspecified atom stereocenters. The number of anilines is 1. The van der Waals surface area contributed by atoms with E-state index < -0.39 is 9.84 Å². The van der Waals surface area contributed by atoms with Crippen molar-refractivity contribution >= 4 is 42.4 Å². The van der Waals surface area contributed by atoms with Gasteiger partial charge >= 0.3 is 0 Å². The van der Waals surface area contributed by atoms with Crippen molar-refractivity contribution in [3.8, 4) is 0 Å². The number of thiazole rings is 1. The second-order valence-electron chi connectivity index (χ2n) is 8.22. The van der Waals surface area contributed by atoms with Gasteiger partial charge in [-0.15, -0.1) is 0 Å². The van der Waals surface area contributed by atoms with E-state index in [1.807, 2.05) is 32.9 Å². The lowest BCUT2D eigenvalue weighted by Crippen LogP contribution is -2.30. The number of sulfone groups is 1. The number of hydrogen-bond acceptors (Lipinski definition) is 6. The Morgan fingerprint density at radius 1 is 1.06 bits per heavy atom. The first kappa shape index (κ1) is 23.2. The van der Waals surface area contributed by atoms with Gasteiger partial charge in [0.2, 0.25) is 5.91 Å². The third-order valence-electron chi connectivity index (χ3n) is 5.42. The Balaban J connectivity index is 1.53. The van der Waals surface area contributed by atoms with Crippen LogP contribution in [0.15, 0.2) is 64.1 Å². The van der Waals surface area contributed by atoms with Crippen molar-refractivity contribution in [1.29, 1.82) is 0 Å². The first-order valence-electron chi connectivity index (χ1n) is 10.7. The third-order valence-corrected chi connectivity index (χ3v) is 8.46. The average Bonchev–Trinajstić information content (AvgIpc) is 3.42. The number of nitrogens with zero attached hydrogens (tertiary/aromatic N) is 2. The Labute approximate surface area is 197 Å². The van der Waals surface area contributed by atoms with Gasteiger partial charge in [0, 0.05) is 6.42 Å². The van der Waals surface area contributed by atoms with Crippen LogP contribution in [0.25, 0.3) is 10.2 Å². The lowest BCUT2D eigenvalue weighted by atomic mass is 10.1. The molecule has 2 aromatic heterocycles. The maximum absolute atomic E-state index is 13.2. The van der Waals surface area contributed by atoms with Crippen LogP contribution in [0.2, 0.25) is 0 Å². The van der Waals surface area contributed by atoms with E-state index in [1.54, 1.807) is 41.5 Å². The fraction of sp³-hybridized carbons (Fsp3) is 0.280. The fourth-order valence-corrected chi connectivity index (χ4v) is 6.06. The number of hydrogen-bond donors (Lipinski definition) is 0. The van der Waals surface area contributed by atoms with Gasteiger partial charge in [0.1, 0.15) is 5.76 Å². The summed E-state index contributed by atoms with van der Waals surface area (Å²) >= 11 is 1.46. The van der Waals surface area contributed by atoms with Crippen molar-refractivity contribution in [2.24, 2.45) is 0 Å². The third kappa shape index (κ3) is 5.34. The number of rotatable bonds is 8. The standard InChI is InChI=1S/C25H26N2O4S2/c1-17-8-10-21(11-9-17)33(29,30)13-5-7-23(28)27(16-20-6-4-12-31-20)25-26-22-15-18(2)14-19(3)24(22)32-25/h4,6,8-12,14-15H,5,7,13,16H2,1-3H3. The zero-order valence-corrected chi connectivity index (χ0v) is 20.5. The Hall–Kier alpha value is -2.97. The Morgan fingerprint density at radius 3 is 2.52 bits per heavy atom. The van der Waals surface area contributed by atoms with Gasteiger partial charge in [-0.1, -0.05) is 35.1 Å². The fourth-order valence-electron chi connectivity index (χ4n) is 3.71. The van der Waals surface area contributed by atoms with E-state index in [2.05, 4.69) is 6.07 Å². The van der Waals surface area contributed by atoms with Crippen LogP contribution in [-0.4, -0.2) is 25.1 Å². The minimum absolute atomic E-state index is 0.0887. The Bertz CT molecular complexity index is 1370. The summed E-state index contributed by atoms with van der Waals surface area (Å²) in [5, 5.41) is 0.585. The van der Waals surface area contributed by atoms with Gasteiger partial charge in [-0.25, -0.2) is 13.4 Å². The summed E-state index contributed by atoms with van der Waals surface area (Å²) in [5.41, 5.74) is 4.08. The number of aryl methyl sites for hydroxylation is 3. The van der Waals surface area contributed by atoms with Crippen molar-refractivity contribution in [3.05, 3.63) is 77.2 Å². The number of fused-ring (bicyclic) bond motifs is 1. The van der Waals surface area contributed by atoms with Crippen molar-refractivity contribution in [3.63, 3.8) is 0 Å². The molecule has 4 aromatic rings. The number of aromatic nitrogens is 1.